The van der Waals surface area contributed by atoms with Crippen molar-refractivity contribution in [3.8, 4) is 0 Å². The molecule has 98 valence electrons. The molecule has 0 amide bonds. The standard InChI is InChI=1S/C15H28N2/c1-14(6-2-3-7-14)12-17-11-10-16-15(13-17)8-4-5-9-15/h16H,2-13H2,1H3. The molecule has 1 aliphatic heterocycles. The minimum Gasteiger partial charge on any atom is -0.309 e. The highest BCUT2D eigenvalue weighted by atomic mass is 15.2. The molecule has 0 aromatic heterocycles. The molecular formula is C15H28N2. The molecule has 0 unspecified atom stereocenters. The highest BCUT2D eigenvalue weighted by molar-refractivity contribution is 4.99. The molecule has 0 bridgehead atoms. The van der Waals surface area contributed by atoms with Crippen molar-refractivity contribution in [2.45, 2.75) is 63.8 Å². The van der Waals surface area contributed by atoms with Gasteiger partial charge in [-0.2, -0.15) is 0 Å². The second-order valence-electron chi connectivity index (χ2n) is 7.14. The van der Waals surface area contributed by atoms with Gasteiger partial charge in [0, 0.05) is 31.7 Å². The van der Waals surface area contributed by atoms with Gasteiger partial charge in [0.25, 0.3) is 0 Å². The summed E-state index contributed by atoms with van der Waals surface area (Å²) in [6, 6.07) is 0. The smallest absolute Gasteiger partial charge is 0.0309 e. The molecule has 1 saturated heterocycles. The van der Waals surface area contributed by atoms with Gasteiger partial charge >= 0.3 is 0 Å². The van der Waals surface area contributed by atoms with Crippen LogP contribution in [0.25, 0.3) is 0 Å². The molecule has 2 heteroatoms. The fraction of sp³-hybridized carbons (Fsp3) is 1.00. The first-order valence-corrected chi connectivity index (χ1v) is 7.67. The first-order chi connectivity index (χ1) is 8.20. The zero-order valence-corrected chi connectivity index (χ0v) is 11.4. The average molecular weight is 236 g/mol. The van der Waals surface area contributed by atoms with Gasteiger partial charge in [0.2, 0.25) is 0 Å². The van der Waals surface area contributed by atoms with Gasteiger partial charge in [-0.15, -0.1) is 0 Å². The number of rotatable bonds is 2. The van der Waals surface area contributed by atoms with Crippen LogP contribution in [0.2, 0.25) is 0 Å². The Morgan fingerprint density at radius 1 is 1.00 bits per heavy atom. The number of nitrogens with zero attached hydrogens (tertiary/aromatic N) is 1. The Hall–Kier alpha value is -0.0800. The summed E-state index contributed by atoms with van der Waals surface area (Å²) in [6.45, 7) is 7.69. The summed E-state index contributed by atoms with van der Waals surface area (Å²) in [5.41, 5.74) is 1.14. The maximum Gasteiger partial charge on any atom is 0.0309 e. The van der Waals surface area contributed by atoms with Crippen LogP contribution in [0.4, 0.5) is 0 Å². The predicted molar refractivity (Wildman–Crippen MR) is 72.2 cm³/mol. The Bertz CT molecular complexity index is 260. The van der Waals surface area contributed by atoms with Crippen molar-refractivity contribution >= 4 is 0 Å². The molecule has 2 nitrogen and oxygen atoms in total. The van der Waals surface area contributed by atoms with Gasteiger partial charge in [0.1, 0.15) is 0 Å². The van der Waals surface area contributed by atoms with Crippen molar-refractivity contribution in [3.63, 3.8) is 0 Å². The lowest BCUT2D eigenvalue weighted by molar-refractivity contribution is 0.0906. The summed E-state index contributed by atoms with van der Waals surface area (Å²) >= 11 is 0. The molecule has 0 aromatic carbocycles. The molecule has 2 aliphatic carbocycles. The molecule has 2 saturated carbocycles. The summed E-state index contributed by atoms with van der Waals surface area (Å²) in [6.07, 6.45) is 11.6. The van der Waals surface area contributed by atoms with Crippen molar-refractivity contribution in [2.75, 3.05) is 26.2 Å². The summed E-state index contributed by atoms with van der Waals surface area (Å²) in [4.78, 5) is 2.77. The third-order valence-electron chi connectivity index (χ3n) is 5.43. The lowest BCUT2D eigenvalue weighted by atomic mass is 9.86. The molecular weight excluding hydrogens is 208 g/mol. The van der Waals surface area contributed by atoms with E-state index in [-0.39, 0.29) is 0 Å². The Morgan fingerprint density at radius 3 is 2.35 bits per heavy atom. The highest BCUT2D eigenvalue weighted by Gasteiger charge is 2.39. The number of piperazine rings is 1. The normalized spacial score (nSPS) is 32.3. The van der Waals surface area contributed by atoms with E-state index < -0.39 is 0 Å². The summed E-state index contributed by atoms with van der Waals surface area (Å²) < 4.78 is 0. The number of hydrogen-bond acceptors (Lipinski definition) is 2. The lowest BCUT2D eigenvalue weighted by Crippen LogP contribution is -2.60. The van der Waals surface area contributed by atoms with E-state index in [9.17, 15) is 0 Å². The van der Waals surface area contributed by atoms with Crippen molar-refractivity contribution in [1.29, 1.82) is 0 Å². The zero-order valence-electron chi connectivity index (χ0n) is 11.4. The summed E-state index contributed by atoms with van der Waals surface area (Å²) in [5.74, 6) is 0. The second-order valence-corrected chi connectivity index (χ2v) is 7.14. The predicted octanol–water partition coefficient (Wildman–Crippen LogP) is 2.78. The van der Waals surface area contributed by atoms with Gasteiger partial charge in [0.05, 0.1) is 0 Å². The van der Waals surface area contributed by atoms with Crippen LogP contribution in [-0.4, -0.2) is 36.6 Å². The van der Waals surface area contributed by atoms with Crippen molar-refractivity contribution in [3.05, 3.63) is 0 Å². The van der Waals surface area contributed by atoms with Crippen molar-refractivity contribution in [1.82, 2.24) is 10.2 Å². The average Bonchev–Trinajstić information content (AvgIpc) is 2.89. The topological polar surface area (TPSA) is 15.3 Å². The van der Waals surface area contributed by atoms with Gasteiger partial charge in [0.15, 0.2) is 0 Å². The Morgan fingerprint density at radius 2 is 1.65 bits per heavy atom. The monoisotopic (exact) mass is 236 g/mol. The SMILES string of the molecule is CC1(CN2CCNC3(CCCC3)C2)CCCC1. The van der Waals surface area contributed by atoms with Crippen LogP contribution >= 0.6 is 0 Å². The van der Waals surface area contributed by atoms with E-state index in [1.165, 1.54) is 77.5 Å². The fourth-order valence-corrected chi connectivity index (χ4v) is 4.49. The minimum absolute atomic E-state index is 0.507. The lowest BCUT2D eigenvalue weighted by Gasteiger charge is -2.44. The summed E-state index contributed by atoms with van der Waals surface area (Å²) in [5, 5.41) is 3.82. The third kappa shape index (κ3) is 2.53. The largest absolute Gasteiger partial charge is 0.309 e. The number of nitrogens with one attached hydrogen (secondary N) is 1. The van der Waals surface area contributed by atoms with Crippen LogP contribution in [0.15, 0.2) is 0 Å². The van der Waals surface area contributed by atoms with Crippen LogP contribution in [-0.2, 0) is 0 Å². The van der Waals surface area contributed by atoms with E-state index in [0.29, 0.717) is 11.0 Å². The quantitative estimate of drug-likeness (QED) is 0.793. The van der Waals surface area contributed by atoms with E-state index in [1.54, 1.807) is 0 Å². The van der Waals surface area contributed by atoms with Crippen LogP contribution < -0.4 is 5.32 Å². The van der Waals surface area contributed by atoms with Gasteiger partial charge < -0.3 is 5.32 Å². The molecule has 0 aromatic rings. The molecule has 1 heterocycles. The van der Waals surface area contributed by atoms with Gasteiger partial charge in [-0.3, -0.25) is 4.90 Å². The number of hydrogen-bond donors (Lipinski definition) is 1. The van der Waals surface area contributed by atoms with E-state index in [2.05, 4.69) is 17.1 Å². The minimum atomic E-state index is 0.507. The Balaban J connectivity index is 1.60. The molecule has 17 heavy (non-hydrogen) atoms. The Labute approximate surface area is 106 Å². The molecule has 0 atom stereocenters. The first-order valence-electron chi connectivity index (χ1n) is 7.67. The van der Waals surface area contributed by atoms with Crippen LogP contribution in [0.1, 0.15) is 58.3 Å². The molecule has 1 N–H and O–H groups in total. The van der Waals surface area contributed by atoms with E-state index in [1.807, 2.05) is 0 Å². The van der Waals surface area contributed by atoms with Crippen LogP contribution in [0.3, 0.4) is 0 Å². The second kappa shape index (κ2) is 4.55. The van der Waals surface area contributed by atoms with E-state index in [0.717, 1.165) is 0 Å². The van der Waals surface area contributed by atoms with Crippen LogP contribution in [0.5, 0.6) is 0 Å². The third-order valence-corrected chi connectivity index (χ3v) is 5.43. The fourth-order valence-electron chi connectivity index (χ4n) is 4.49. The molecule has 0 radical (unpaired) electrons. The Kier molecular flexibility index (Phi) is 3.20. The highest BCUT2D eigenvalue weighted by Crippen LogP contribution is 2.39. The van der Waals surface area contributed by atoms with Gasteiger partial charge in [-0.1, -0.05) is 32.6 Å². The van der Waals surface area contributed by atoms with Crippen molar-refractivity contribution in [2.24, 2.45) is 5.41 Å². The molecule has 1 spiro atoms. The summed E-state index contributed by atoms with van der Waals surface area (Å²) in [7, 11) is 0. The van der Waals surface area contributed by atoms with Gasteiger partial charge in [-0.05, 0) is 31.1 Å². The zero-order chi connectivity index (χ0) is 11.8. The maximum absolute atomic E-state index is 3.82. The molecule has 3 fully saturated rings. The van der Waals surface area contributed by atoms with Crippen molar-refractivity contribution < 1.29 is 0 Å². The van der Waals surface area contributed by atoms with E-state index >= 15 is 0 Å². The van der Waals surface area contributed by atoms with Gasteiger partial charge in [-0.25, -0.2) is 0 Å². The maximum atomic E-state index is 3.82. The molecule has 3 rings (SSSR count). The first kappa shape index (κ1) is 12.0. The molecule has 3 aliphatic rings. The van der Waals surface area contributed by atoms with Crippen LogP contribution in [0, 0.1) is 5.41 Å². The van der Waals surface area contributed by atoms with E-state index in [4.69, 9.17) is 0 Å².